The minimum absolute atomic E-state index is 0.318. The lowest BCUT2D eigenvalue weighted by Gasteiger charge is -2.13. The fraction of sp³-hybridized carbons (Fsp3) is 0.333. The van der Waals surface area contributed by atoms with Crippen molar-refractivity contribution < 1.29 is 9.90 Å². The first-order valence-electron chi connectivity index (χ1n) is 6.35. The molecule has 2 aromatic rings. The molecule has 0 fully saturated rings. The van der Waals surface area contributed by atoms with Crippen molar-refractivity contribution in [3.8, 4) is 11.3 Å². The summed E-state index contributed by atoms with van der Waals surface area (Å²) in [6, 6.07) is 7.96. The summed E-state index contributed by atoms with van der Waals surface area (Å²) in [4.78, 5) is 15.2. The molecule has 1 aromatic heterocycles. The number of carbonyl (C=O) groups is 1. The summed E-state index contributed by atoms with van der Waals surface area (Å²) in [5.41, 5.74) is 2.81. The number of aromatic nitrogens is 2. The minimum Gasteiger partial charge on any atom is -0.481 e. The molecular weight excluding hydrogens is 240 g/mol. The second-order valence-corrected chi connectivity index (χ2v) is 4.97. The fourth-order valence-electron chi connectivity index (χ4n) is 2.05. The molecule has 0 aliphatic carbocycles. The topological polar surface area (TPSA) is 55.1 Å². The van der Waals surface area contributed by atoms with Gasteiger partial charge in [-0.05, 0) is 32.4 Å². The van der Waals surface area contributed by atoms with Crippen LogP contribution in [0.15, 0.2) is 36.8 Å². The zero-order valence-electron chi connectivity index (χ0n) is 11.4. The van der Waals surface area contributed by atoms with Gasteiger partial charge in [0.15, 0.2) is 0 Å². The molecule has 0 aliphatic heterocycles. The molecule has 1 N–H and O–H groups in total. The van der Waals surface area contributed by atoms with E-state index in [9.17, 15) is 4.79 Å². The van der Waals surface area contributed by atoms with Gasteiger partial charge in [0.2, 0.25) is 0 Å². The van der Waals surface area contributed by atoms with Crippen molar-refractivity contribution in [1.29, 1.82) is 0 Å². The predicted octanol–water partition coefficient (Wildman–Crippen LogP) is 3.32. The van der Waals surface area contributed by atoms with Crippen LogP contribution in [-0.2, 0) is 4.79 Å². The summed E-state index contributed by atoms with van der Waals surface area (Å²) in [7, 11) is 0. The Hall–Kier alpha value is -2.10. The highest BCUT2D eigenvalue weighted by molar-refractivity contribution is 5.76. The first-order chi connectivity index (χ1) is 9.00. The van der Waals surface area contributed by atoms with Crippen LogP contribution in [0.25, 0.3) is 11.3 Å². The van der Waals surface area contributed by atoms with Gasteiger partial charge in [-0.3, -0.25) is 4.79 Å². The average molecular weight is 258 g/mol. The Morgan fingerprint density at radius 3 is 2.68 bits per heavy atom. The van der Waals surface area contributed by atoms with Crippen LogP contribution >= 0.6 is 0 Å². The van der Waals surface area contributed by atoms with Gasteiger partial charge in [0.1, 0.15) is 0 Å². The molecule has 1 atom stereocenters. The molecule has 0 bridgehead atoms. The Labute approximate surface area is 112 Å². The molecule has 1 heterocycles. The van der Waals surface area contributed by atoms with Gasteiger partial charge in [-0.25, -0.2) is 4.98 Å². The Morgan fingerprint density at radius 2 is 2.05 bits per heavy atom. The second kappa shape index (κ2) is 5.26. The molecule has 1 aromatic carbocycles. The zero-order chi connectivity index (χ0) is 14.0. The summed E-state index contributed by atoms with van der Waals surface area (Å²) < 4.78 is 2.07. The summed E-state index contributed by atoms with van der Waals surface area (Å²) in [5.74, 6) is -1.31. The second-order valence-electron chi connectivity index (χ2n) is 4.97. The van der Waals surface area contributed by atoms with Gasteiger partial charge in [-0.1, -0.05) is 18.2 Å². The van der Waals surface area contributed by atoms with E-state index in [1.165, 1.54) is 0 Å². The maximum Gasteiger partial charge on any atom is 0.310 e. The van der Waals surface area contributed by atoms with Crippen LogP contribution in [-0.4, -0.2) is 20.6 Å². The van der Waals surface area contributed by atoms with Crippen molar-refractivity contribution in [3.05, 3.63) is 42.4 Å². The summed E-state index contributed by atoms with van der Waals surface area (Å²) >= 11 is 0. The van der Waals surface area contributed by atoms with Gasteiger partial charge in [0.05, 0.1) is 24.1 Å². The molecule has 0 spiro atoms. The first-order valence-corrected chi connectivity index (χ1v) is 6.35. The summed E-state index contributed by atoms with van der Waals surface area (Å²) in [6.07, 6.45) is 3.61. The standard InChI is InChI=1S/C15H18N2O2/c1-10(2)17-9-16-8-14(17)13-6-4-5-12(7-13)11(3)15(18)19/h4-11H,1-3H3,(H,18,19). The van der Waals surface area contributed by atoms with Crippen molar-refractivity contribution in [3.63, 3.8) is 0 Å². The van der Waals surface area contributed by atoms with Gasteiger partial charge < -0.3 is 9.67 Å². The fourth-order valence-corrected chi connectivity index (χ4v) is 2.05. The lowest BCUT2D eigenvalue weighted by Crippen LogP contribution is -2.07. The highest BCUT2D eigenvalue weighted by atomic mass is 16.4. The lowest BCUT2D eigenvalue weighted by molar-refractivity contribution is -0.138. The van der Waals surface area contributed by atoms with E-state index < -0.39 is 11.9 Å². The van der Waals surface area contributed by atoms with Gasteiger partial charge in [0.25, 0.3) is 0 Å². The van der Waals surface area contributed by atoms with E-state index in [0.717, 1.165) is 16.8 Å². The predicted molar refractivity (Wildman–Crippen MR) is 74.1 cm³/mol. The van der Waals surface area contributed by atoms with E-state index in [-0.39, 0.29) is 0 Å². The van der Waals surface area contributed by atoms with Crippen LogP contribution in [0.5, 0.6) is 0 Å². The third-order valence-corrected chi connectivity index (χ3v) is 3.28. The van der Waals surface area contributed by atoms with Gasteiger partial charge in [-0.15, -0.1) is 0 Å². The first kappa shape index (κ1) is 13.3. The largest absolute Gasteiger partial charge is 0.481 e. The molecule has 19 heavy (non-hydrogen) atoms. The van der Waals surface area contributed by atoms with Gasteiger partial charge >= 0.3 is 5.97 Å². The number of nitrogens with zero attached hydrogens (tertiary/aromatic N) is 2. The van der Waals surface area contributed by atoms with E-state index in [1.54, 1.807) is 13.3 Å². The molecule has 0 saturated carbocycles. The Bertz CT molecular complexity index is 587. The number of aliphatic carboxylic acids is 1. The smallest absolute Gasteiger partial charge is 0.310 e. The van der Waals surface area contributed by atoms with E-state index in [2.05, 4.69) is 23.4 Å². The molecule has 0 radical (unpaired) electrons. The van der Waals surface area contributed by atoms with Crippen molar-refractivity contribution in [2.75, 3.05) is 0 Å². The van der Waals surface area contributed by atoms with Gasteiger partial charge in [0, 0.05) is 11.6 Å². The Kier molecular flexibility index (Phi) is 3.69. The minimum atomic E-state index is -0.811. The third-order valence-electron chi connectivity index (χ3n) is 3.28. The van der Waals surface area contributed by atoms with Crippen LogP contribution in [0.4, 0.5) is 0 Å². The van der Waals surface area contributed by atoms with Crippen molar-refractivity contribution in [2.45, 2.75) is 32.7 Å². The van der Waals surface area contributed by atoms with Crippen molar-refractivity contribution in [1.82, 2.24) is 9.55 Å². The van der Waals surface area contributed by atoms with Crippen molar-refractivity contribution in [2.24, 2.45) is 0 Å². The number of imidazole rings is 1. The molecule has 100 valence electrons. The van der Waals surface area contributed by atoms with Crippen LogP contribution in [0.1, 0.15) is 38.3 Å². The van der Waals surface area contributed by atoms with E-state index >= 15 is 0 Å². The van der Waals surface area contributed by atoms with E-state index in [4.69, 9.17) is 5.11 Å². The SMILES string of the molecule is CC(C(=O)O)c1cccc(-c2cncn2C(C)C)c1. The summed E-state index contributed by atoms with van der Waals surface area (Å²) in [6.45, 7) is 5.88. The number of rotatable bonds is 4. The van der Waals surface area contributed by atoms with Crippen LogP contribution in [0, 0.1) is 0 Å². The molecule has 0 saturated heterocycles. The van der Waals surface area contributed by atoms with Crippen LogP contribution < -0.4 is 0 Å². The highest BCUT2D eigenvalue weighted by Gasteiger charge is 2.15. The average Bonchev–Trinajstić information content (AvgIpc) is 2.87. The number of hydrogen-bond donors (Lipinski definition) is 1. The van der Waals surface area contributed by atoms with E-state index in [0.29, 0.717) is 6.04 Å². The lowest BCUT2D eigenvalue weighted by atomic mass is 9.98. The molecule has 1 unspecified atom stereocenters. The van der Waals surface area contributed by atoms with Gasteiger partial charge in [-0.2, -0.15) is 0 Å². The highest BCUT2D eigenvalue weighted by Crippen LogP contribution is 2.26. The maximum atomic E-state index is 11.1. The van der Waals surface area contributed by atoms with E-state index in [1.807, 2.05) is 30.5 Å². The Morgan fingerprint density at radius 1 is 1.32 bits per heavy atom. The quantitative estimate of drug-likeness (QED) is 0.915. The number of carboxylic acid groups (broad SMARTS) is 1. The number of benzene rings is 1. The Balaban J connectivity index is 2.43. The zero-order valence-corrected chi connectivity index (χ0v) is 11.4. The molecule has 2 rings (SSSR count). The maximum absolute atomic E-state index is 11.1. The molecular formula is C15H18N2O2. The van der Waals surface area contributed by atoms with Crippen LogP contribution in [0.2, 0.25) is 0 Å². The third kappa shape index (κ3) is 2.67. The monoisotopic (exact) mass is 258 g/mol. The van der Waals surface area contributed by atoms with Crippen molar-refractivity contribution >= 4 is 5.97 Å². The summed E-state index contributed by atoms with van der Waals surface area (Å²) in [5, 5.41) is 9.08. The number of carboxylic acids is 1. The molecule has 0 amide bonds. The molecule has 4 heteroatoms. The number of hydrogen-bond acceptors (Lipinski definition) is 2. The molecule has 4 nitrogen and oxygen atoms in total. The normalized spacial score (nSPS) is 12.6. The van der Waals surface area contributed by atoms with Crippen LogP contribution in [0.3, 0.4) is 0 Å². The molecule has 0 aliphatic rings.